The minimum absolute atomic E-state index is 0.0968. The summed E-state index contributed by atoms with van der Waals surface area (Å²) in [5.41, 5.74) is 5.17. The van der Waals surface area contributed by atoms with E-state index in [4.69, 9.17) is 24.2 Å². The molecule has 0 spiro atoms. The molecule has 2 N–H and O–H groups in total. The average molecular weight is 843 g/mol. The summed E-state index contributed by atoms with van der Waals surface area (Å²) in [5.74, 6) is 0.342. The Kier molecular flexibility index (Phi) is 14.3. The van der Waals surface area contributed by atoms with Crippen molar-refractivity contribution < 1.29 is 34.1 Å². The zero-order chi connectivity index (χ0) is 44.0. The van der Waals surface area contributed by atoms with Gasteiger partial charge in [0.25, 0.3) is 5.91 Å². The number of amides is 1. The lowest BCUT2D eigenvalue weighted by atomic mass is 9.55. The third kappa shape index (κ3) is 9.51. The summed E-state index contributed by atoms with van der Waals surface area (Å²) < 4.78 is 21.3. The Balaban J connectivity index is 1.46. The number of oxime groups is 1. The lowest BCUT2D eigenvalue weighted by Crippen LogP contribution is -2.70. The number of unbranched alkanes of at least 4 members (excludes halogenated alkanes) is 2. The normalized spacial score (nSPS) is 23.5. The number of hydrogen-bond acceptors (Lipinski definition) is 8. The smallest absolute Gasteiger partial charge is 0.254 e. The number of carbonyl (C=O) groups is 1. The lowest BCUT2D eigenvalue weighted by Gasteiger charge is -2.60. The van der Waals surface area contributed by atoms with E-state index in [1.54, 1.807) is 6.08 Å². The molecular formula is C53H66N2O7. The number of fused-ring (bicyclic) bond motifs is 3. The van der Waals surface area contributed by atoms with Crippen LogP contribution in [0, 0.1) is 31.6 Å². The van der Waals surface area contributed by atoms with E-state index < -0.39 is 23.3 Å². The molecule has 9 nitrogen and oxygen atoms in total. The number of carbonyl (C=O) groups excluding carboxylic acids is 1. The molecule has 0 saturated heterocycles. The first-order valence-electron chi connectivity index (χ1n) is 22.7. The fourth-order valence-electron chi connectivity index (χ4n) is 9.95. The van der Waals surface area contributed by atoms with Gasteiger partial charge in [0, 0.05) is 43.2 Å². The lowest BCUT2D eigenvalue weighted by molar-refractivity contribution is -0.254. The molecule has 4 aromatic rings. The average Bonchev–Trinajstić information content (AvgIpc) is 3.26. The van der Waals surface area contributed by atoms with Gasteiger partial charge in [0.1, 0.15) is 28.9 Å². The van der Waals surface area contributed by atoms with Crippen LogP contribution in [-0.2, 0) is 9.57 Å². The van der Waals surface area contributed by atoms with Gasteiger partial charge >= 0.3 is 0 Å². The highest BCUT2D eigenvalue weighted by Gasteiger charge is 2.65. The van der Waals surface area contributed by atoms with Gasteiger partial charge < -0.3 is 34.2 Å². The number of nitrogens with zero attached hydrogens (tertiary/aromatic N) is 2. The van der Waals surface area contributed by atoms with E-state index in [1.807, 2.05) is 80.3 Å². The first-order valence-corrected chi connectivity index (χ1v) is 22.7. The number of hydrogen-bond donors (Lipinski definition) is 2. The Morgan fingerprint density at radius 3 is 2.35 bits per heavy atom. The van der Waals surface area contributed by atoms with E-state index >= 15 is 4.79 Å². The molecule has 1 aliphatic heterocycles. The number of benzene rings is 4. The van der Waals surface area contributed by atoms with Crippen LogP contribution in [0.25, 0.3) is 10.8 Å². The molecular weight excluding hydrogens is 777 g/mol. The third-order valence-electron chi connectivity index (χ3n) is 12.9. The van der Waals surface area contributed by atoms with Crippen LogP contribution >= 0.6 is 0 Å². The third-order valence-corrected chi connectivity index (χ3v) is 12.9. The molecule has 6 unspecified atom stereocenters. The van der Waals surface area contributed by atoms with Crippen LogP contribution in [-0.4, -0.2) is 70.5 Å². The second-order valence-electron chi connectivity index (χ2n) is 18.4. The maximum absolute atomic E-state index is 15.2. The van der Waals surface area contributed by atoms with Crippen molar-refractivity contribution in [3.05, 3.63) is 125 Å². The van der Waals surface area contributed by atoms with Crippen molar-refractivity contribution >= 4 is 22.4 Å². The second-order valence-corrected chi connectivity index (χ2v) is 18.4. The van der Waals surface area contributed by atoms with Gasteiger partial charge in [0.15, 0.2) is 0 Å². The summed E-state index contributed by atoms with van der Waals surface area (Å²) in [6, 6.07) is 25.6. The van der Waals surface area contributed by atoms with Crippen LogP contribution in [0.4, 0.5) is 0 Å². The van der Waals surface area contributed by atoms with Crippen LogP contribution in [0.2, 0.25) is 0 Å². The number of allylic oxidation sites excluding steroid dienone is 1. The standard InChI is InChI=1S/C53H66N2O7/c1-8-26-55(51(58)40-22-21-37-16-10-11-17-38(37)31-40)48-34-46(54-62-52(5,6)7)44-32-39(18-12-14-27-56)43(19-13-15-28-57)49-45-33-42(60-41-23-20-35(3)36(4)30-41)24-25-47(45)61-53(48,50(44)49)59-29-9-2/h9-11,16-17,20-25,30-33,39,43,48-50,56-57H,2,8,12-15,18-19,26-29,34H2,1,3-7H3. The Hall–Kier alpha value is -4.96. The summed E-state index contributed by atoms with van der Waals surface area (Å²) in [6.45, 7) is 17.2. The monoisotopic (exact) mass is 842 g/mol. The van der Waals surface area contributed by atoms with Crippen molar-refractivity contribution in [3.8, 4) is 17.2 Å². The fourth-order valence-corrected chi connectivity index (χ4v) is 9.95. The van der Waals surface area contributed by atoms with E-state index in [0.29, 0.717) is 49.3 Å². The highest BCUT2D eigenvalue weighted by molar-refractivity contribution is 6.04. The van der Waals surface area contributed by atoms with Crippen molar-refractivity contribution in [2.24, 2.45) is 22.9 Å². The first-order chi connectivity index (χ1) is 29.9. The molecule has 2 aliphatic carbocycles. The fraction of sp³-hybridized carbons (Fsp3) is 0.472. The predicted octanol–water partition coefficient (Wildman–Crippen LogP) is 11.2. The summed E-state index contributed by atoms with van der Waals surface area (Å²) in [6.07, 6.45) is 9.98. The van der Waals surface area contributed by atoms with E-state index in [0.717, 1.165) is 64.6 Å². The number of ether oxygens (including phenoxy) is 3. The summed E-state index contributed by atoms with van der Waals surface area (Å²) in [4.78, 5) is 23.5. The first kappa shape index (κ1) is 45.1. The SMILES string of the molecule is C=CCOC12Oc3ccc(Oc4ccc(C)c(C)c4)cc3C3C(CCCCO)C(CCCCO)C=C(C(=NOC(C)(C)C)CC1N(CCC)C(=O)c1ccc4ccccc4c1)C32. The van der Waals surface area contributed by atoms with Gasteiger partial charge in [0.05, 0.1) is 18.2 Å². The van der Waals surface area contributed by atoms with Crippen LogP contribution in [0.3, 0.4) is 0 Å². The number of aryl methyl sites for hydroxylation is 2. The van der Waals surface area contributed by atoms with E-state index in [1.165, 1.54) is 5.56 Å². The summed E-state index contributed by atoms with van der Waals surface area (Å²) in [7, 11) is 0. The minimum Gasteiger partial charge on any atom is -0.459 e. The Labute approximate surface area is 368 Å². The molecule has 3 aliphatic rings. The maximum Gasteiger partial charge on any atom is 0.254 e. The molecule has 1 saturated carbocycles. The van der Waals surface area contributed by atoms with E-state index in [-0.39, 0.29) is 43.5 Å². The molecule has 1 amide bonds. The molecule has 0 aromatic heterocycles. The zero-order valence-electron chi connectivity index (χ0n) is 37.6. The largest absolute Gasteiger partial charge is 0.459 e. The molecule has 1 fully saturated rings. The topological polar surface area (TPSA) is 110 Å². The summed E-state index contributed by atoms with van der Waals surface area (Å²) >= 11 is 0. The molecule has 4 aromatic carbocycles. The Morgan fingerprint density at radius 1 is 0.919 bits per heavy atom. The van der Waals surface area contributed by atoms with Crippen molar-refractivity contribution in [1.29, 1.82) is 0 Å². The van der Waals surface area contributed by atoms with E-state index in [9.17, 15) is 10.2 Å². The van der Waals surface area contributed by atoms with Crippen LogP contribution in [0.1, 0.15) is 112 Å². The summed E-state index contributed by atoms with van der Waals surface area (Å²) in [5, 5.41) is 27.0. The highest BCUT2D eigenvalue weighted by atomic mass is 16.7. The van der Waals surface area contributed by atoms with Crippen LogP contribution in [0.5, 0.6) is 17.2 Å². The maximum atomic E-state index is 15.2. The van der Waals surface area contributed by atoms with Gasteiger partial charge in [-0.15, -0.1) is 6.58 Å². The second kappa shape index (κ2) is 19.6. The van der Waals surface area contributed by atoms with Gasteiger partial charge in [-0.1, -0.05) is 73.5 Å². The Bertz CT molecular complexity index is 2280. The van der Waals surface area contributed by atoms with E-state index in [2.05, 4.69) is 57.7 Å². The van der Waals surface area contributed by atoms with Gasteiger partial charge in [0.2, 0.25) is 5.79 Å². The van der Waals surface area contributed by atoms with Gasteiger partial charge in [-0.25, -0.2) is 0 Å². The number of aliphatic hydroxyl groups excluding tert-OH is 2. The van der Waals surface area contributed by atoms with Crippen LogP contribution < -0.4 is 9.47 Å². The quantitative estimate of drug-likeness (QED) is 0.0583. The van der Waals surface area contributed by atoms with Gasteiger partial charge in [-0.3, -0.25) is 4.79 Å². The molecule has 0 radical (unpaired) electrons. The minimum atomic E-state index is -1.35. The molecule has 6 atom stereocenters. The van der Waals surface area contributed by atoms with Crippen molar-refractivity contribution in [2.45, 2.75) is 116 Å². The zero-order valence-corrected chi connectivity index (χ0v) is 37.6. The molecule has 62 heavy (non-hydrogen) atoms. The van der Waals surface area contributed by atoms with Gasteiger partial charge in [-0.2, -0.15) is 0 Å². The number of rotatable bonds is 18. The highest BCUT2D eigenvalue weighted by Crippen LogP contribution is 2.62. The Morgan fingerprint density at radius 2 is 1.65 bits per heavy atom. The predicted molar refractivity (Wildman–Crippen MR) is 247 cm³/mol. The number of aliphatic hydroxyl groups is 2. The molecule has 1 heterocycles. The van der Waals surface area contributed by atoms with Crippen molar-refractivity contribution in [1.82, 2.24) is 4.90 Å². The van der Waals surface area contributed by atoms with Crippen molar-refractivity contribution in [3.63, 3.8) is 0 Å². The molecule has 330 valence electrons. The van der Waals surface area contributed by atoms with Crippen molar-refractivity contribution in [2.75, 3.05) is 26.4 Å². The molecule has 7 rings (SSSR count). The van der Waals surface area contributed by atoms with Gasteiger partial charge in [-0.05, 0) is 148 Å². The molecule has 9 heteroatoms. The molecule has 0 bridgehead atoms. The van der Waals surface area contributed by atoms with Crippen LogP contribution in [0.15, 0.2) is 108 Å².